The van der Waals surface area contributed by atoms with E-state index in [0.29, 0.717) is 22.9 Å². The zero-order valence-corrected chi connectivity index (χ0v) is 14.9. The van der Waals surface area contributed by atoms with E-state index in [1.807, 2.05) is 6.07 Å². The third-order valence-corrected chi connectivity index (χ3v) is 4.82. The van der Waals surface area contributed by atoms with Crippen LogP contribution >= 0.6 is 0 Å². The predicted octanol–water partition coefficient (Wildman–Crippen LogP) is 4.19. The fourth-order valence-corrected chi connectivity index (χ4v) is 3.31. The Balaban J connectivity index is 1.82. The van der Waals surface area contributed by atoms with Crippen LogP contribution in [0.5, 0.6) is 0 Å². The van der Waals surface area contributed by atoms with Crippen LogP contribution in [0.3, 0.4) is 0 Å². The van der Waals surface area contributed by atoms with Gasteiger partial charge in [0.05, 0.1) is 23.4 Å². The molecule has 0 fully saturated rings. The fraction of sp³-hybridized carbons (Fsp3) is 0.350. The number of aliphatic carboxylic acids is 1. The fourth-order valence-electron chi connectivity index (χ4n) is 3.31. The number of amides is 1. The van der Waals surface area contributed by atoms with Gasteiger partial charge in [0.2, 0.25) is 0 Å². The number of para-hydroxylation sites is 1. The van der Waals surface area contributed by atoms with E-state index in [9.17, 15) is 22.8 Å². The van der Waals surface area contributed by atoms with E-state index in [1.165, 1.54) is 6.20 Å². The van der Waals surface area contributed by atoms with Crippen LogP contribution in [0, 0.1) is 5.92 Å². The summed E-state index contributed by atoms with van der Waals surface area (Å²) in [4.78, 5) is 27.0. The van der Waals surface area contributed by atoms with Gasteiger partial charge in [-0.3, -0.25) is 14.6 Å². The number of allylic oxidation sites excluding steroid dienone is 2. The van der Waals surface area contributed by atoms with Crippen molar-refractivity contribution in [1.82, 2.24) is 10.3 Å². The van der Waals surface area contributed by atoms with Crippen molar-refractivity contribution in [3.05, 3.63) is 47.7 Å². The molecule has 0 saturated heterocycles. The quantitative estimate of drug-likeness (QED) is 0.800. The molecule has 1 aliphatic rings. The second-order valence-electron chi connectivity index (χ2n) is 6.74. The lowest BCUT2D eigenvalue weighted by Crippen LogP contribution is -2.26. The normalized spacial score (nSPS) is 17.2. The summed E-state index contributed by atoms with van der Waals surface area (Å²) in [5, 5.41) is 11.8. The average molecular weight is 392 g/mol. The molecular weight excluding hydrogens is 373 g/mol. The lowest BCUT2D eigenvalue weighted by atomic mass is 9.85. The molecule has 28 heavy (non-hydrogen) atoms. The highest BCUT2D eigenvalue weighted by molar-refractivity contribution is 5.99. The molecule has 3 rings (SSSR count). The molecule has 8 heteroatoms. The van der Waals surface area contributed by atoms with E-state index in [1.54, 1.807) is 24.3 Å². The Morgan fingerprint density at radius 1 is 1.29 bits per heavy atom. The number of fused-ring (bicyclic) bond motifs is 1. The Bertz CT molecular complexity index is 938. The maximum absolute atomic E-state index is 12.9. The summed E-state index contributed by atoms with van der Waals surface area (Å²) in [5.41, 5.74) is 2.53. The predicted molar refractivity (Wildman–Crippen MR) is 97.7 cm³/mol. The first-order valence-electron chi connectivity index (χ1n) is 8.90. The first kappa shape index (κ1) is 19.9. The molecule has 1 heterocycles. The molecule has 5 nitrogen and oxygen atoms in total. The number of carboxylic acid groups (broad SMARTS) is 1. The summed E-state index contributed by atoms with van der Waals surface area (Å²) in [6, 6.07) is 7.02. The number of nitrogens with one attached hydrogen (secondary N) is 1. The highest BCUT2D eigenvalue weighted by Gasteiger charge is 2.39. The first-order valence-corrected chi connectivity index (χ1v) is 8.90. The Hall–Kier alpha value is -2.90. The van der Waals surface area contributed by atoms with Crippen molar-refractivity contribution in [1.29, 1.82) is 0 Å². The summed E-state index contributed by atoms with van der Waals surface area (Å²) in [7, 11) is 0. The van der Waals surface area contributed by atoms with Crippen molar-refractivity contribution in [2.75, 3.05) is 6.54 Å². The molecule has 0 radical (unpaired) electrons. The first-order chi connectivity index (χ1) is 13.3. The molecule has 0 bridgehead atoms. The van der Waals surface area contributed by atoms with E-state index in [0.717, 1.165) is 11.1 Å². The molecule has 1 aromatic carbocycles. The molecule has 1 aromatic heterocycles. The van der Waals surface area contributed by atoms with Gasteiger partial charge in [-0.25, -0.2) is 0 Å². The van der Waals surface area contributed by atoms with Crippen molar-refractivity contribution in [2.24, 2.45) is 5.92 Å². The van der Waals surface area contributed by atoms with E-state index < -0.39 is 24.0 Å². The highest BCUT2D eigenvalue weighted by Crippen LogP contribution is 2.40. The Labute approximate surface area is 159 Å². The minimum absolute atomic E-state index is 0.0134. The molecule has 148 valence electrons. The van der Waals surface area contributed by atoms with Crippen molar-refractivity contribution in [3.63, 3.8) is 0 Å². The number of halogens is 3. The Morgan fingerprint density at radius 2 is 2.07 bits per heavy atom. The van der Waals surface area contributed by atoms with Crippen LogP contribution < -0.4 is 5.32 Å². The molecule has 0 unspecified atom stereocenters. The maximum atomic E-state index is 12.9. The number of rotatable bonds is 5. The van der Waals surface area contributed by atoms with Crippen LogP contribution in [0.15, 0.2) is 36.5 Å². The monoisotopic (exact) mass is 392 g/mol. The number of carboxylic acids is 1. The van der Waals surface area contributed by atoms with E-state index in [-0.39, 0.29) is 25.8 Å². The zero-order chi connectivity index (χ0) is 20.3. The molecule has 0 aliphatic heterocycles. The number of nitrogens with zero attached hydrogens (tertiary/aromatic N) is 1. The molecule has 0 saturated carbocycles. The SMILES string of the molecule is O=C(O)CCNC(=O)c1cnc2c(C3=CC[C@@H](C(F)(F)F)CC3)cccc2c1. The van der Waals surface area contributed by atoms with Gasteiger partial charge in [-0.05, 0) is 30.9 Å². The average Bonchev–Trinajstić information content (AvgIpc) is 2.66. The van der Waals surface area contributed by atoms with Gasteiger partial charge in [-0.1, -0.05) is 24.3 Å². The number of hydrogen-bond acceptors (Lipinski definition) is 3. The lowest BCUT2D eigenvalue weighted by molar-refractivity contribution is -0.175. The largest absolute Gasteiger partial charge is 0.481 e. The molecule has 0 spiro atoms. The van der Waals surface area contributed by atoms with Gasteiger partial charge in [-0.15, -0.1) is 0 Å². The summed E-state index contributed by atoms with van der Waals surface area (Å²) >= 11 is 0. The topological polar surface area (TPSA) is 79.3 Å². The van der Waals surface area contributed by atoms with Crippen LogP contribution in [0.2, 0.25) is 0 Å². The molecule has 1 amide bonds. The minimum atomic E-state index is -4.18. The molecule has 2 aromatic rings. The second kappa shape index (κ2) is 8.00. The Kier molecular flexibility index (Phi) is 5.67. The van der Waals surface area contributed by atoms with Crippen LogP contribution in [0.25, 0.3) is 16.5 Å². The van der Waals surface area contributed by atoms with Crippen LogP contribution in [-0.4, -0.2) is 34.7 Å². The van der Waals surface area contributed by atoms with Crippen molar-refractivity contribution in [3.8, 4) is 0 Å². The van der Waals surface area contributed by atoms with E-state index in [2.05, 4.69) is 10.3 Å². The Morgan fingerprint density at radius 3 is 2.71 bits per heavy atom. The van der Waals surface area contributed by atoms with Gasteiger partial charge in [0.15, 0.2) is 0 Å². The van der Waals surface area contributed by atoms with E-state index in [4.69, 9.17) is 5.11 Å². The number of pyridine rings is 1. The van der Waals surface area contributed by atoms with Crippen molar-refractivity contribution < 1.29 is 27.9 Å². The number of carbonyl (C=O) groups is 2. The van der Waals surface area contributed by atoms with Gasteiger partial charge in [-0.2, -0.15) is 13.2 Å². The summed E-state index contributed by atoms with van der Waals surface area (Å²) in [6.07, 6.45) is -1.00. The van der Waals surface area contributed by atoms with Gasteiger partial charge in [0.1, 0.15) is 0 Å². The molecule has 1 atom stereocenters. The number of benzene rings is 1. The number of alkyl halides is 3. The summed E-state index contributed by atoms with van der Waals surface area (Å²) in [6.45, 7) is 0.0134. The highest BCUT2D eigenvalue weighted by atomic mass is 19.4. The number of carbonyl (C=O) groups excluding carboxylic acids is 1. The van der Waals surface area contributed by atoms with Gasteiger partial charge in [0.25, 0.3) is 5.91 Å². The number of hydrogen-bond donors (Lipinski definition) is 2. The summed E-state index contributed by atoms with van der Waals surface area (Å²) < 4.78 is 38.6. The zero-order valence-electron chi connectivity index (χ0n) is 14.9. The molecule has 2 N–H and O–H groups in total. The molecule has 1 aliphatic carbocycles. The van der Waals surface area contributed by atoms with E-state index >= 15 is 0 Å². The third-order valence-electron chi connectivity index (χ3n) is 4.82. The third kappa shape index (κ3) is 4.49. The minimum Gasteiger partial charge on any atom is -0.481 e. The van der Waals surface area contributed by atoms with Crippen molar-refractivity contribution >= 4 is 28.4 Å². The maximum Gasteiger partial charge on any atom is 0.392 e. The van der Waals surface area contributed by atoms with Crippen molar-refractivity contribution in [2.45, 2.75) is 31.9 Å². The smallest absolute Gasteiger partial charge is 0.392 e. The van der Waals surface area contributed by atoms with Gasteiger partial charge >= 0.3 is 12.1 Å². The van der Waals surface area contributed by atoms with Crippen LogP contribution in [-0.2, 0) is 4.79 Å². The summed E-state index contributed by atoms with van der Waals surface area (Å²) in [5.74, 6) is -2.73. The molecular formula is C20H19F3N2O3. The van der Waals surface area contributed by atoms with Gasteiger partial charge < -0.3 is 10.4 Å². The standard InChI is InChI=1S/C20H19F3N2O3/c21-20(22,23)15-6-4-12(5-7-15)16-3-1-2-13-10-14(11-25-18(13)16)19(28)24-9-8-17(26)27/h1-4,10-11,15H,5-9H2,(H,24,28)(H,26,27)/t15-/m1/s1. The van der Waals surface area contributed by atoms with Gasteiger partial charge in [0, 0.05) is 23.7 Å². The lowest BCUT2D eigenvalue weighted by Gasteiger charge is -2.24. The van der Waals surface area contributed by atoms with Crippen LogP contribution in [0.4, 0.5) is 13.2 Å². The van der Waals surface area contributed by atoms with Crippen LogP contribution in [0.1, 0.15) is 41.6 Å². The number of aromatic nitrogens is 1. The second-order valence-corrected chi connectivity index (χ2v) is 6.74.